The summed E-state index contributed by atoms with van der Waals surface area (Å²) in [6, 6.07) is 1.10. The van der Waals surface area contributed by atoms with E-state index in [0.717, 1.165) is 19.4 Å². The largest absolute Gasteiger partial charge is 0.356 e. The van der Waals surface area contributed by atoms with Crippen molar-refractivity contribution in [2.24, 2.45) is 5.92 Å². The van der Waals surface area contributed by atoms with Crippen molar-refractivity contribution in [1.29, 1.82) is 0 Å². The average molecular weight is 182 g/mol. The molecule has 0 spiro atoms. The van der Waals surface area contributed by atoms with Crippen molar-refractivity contribution < 1.29 is 4.79 Å². The van der Waals surface area contributed by atoms with Crippen molar-refractivity contribution in [3.05, 3.63) is 0 Å². The molecule has 3 unspecified atom stereocenters. The van der Waals surface area contributed by atoms with E-state index in [2.05, 4.69) is 10.6 Å². The maximum Gasteiger partial charge on any atom is 0.207 e. The Kier molecular flexibility index (Phi) is 2.83. The van der Waals surface area contributed by atoms with Gasteiger partial charge in [-0.1, -0.05) is 12.8 Å². The lowest BCUT2D eigenvalue weighted by atomic mass is 9.76. The third-order valence-electron chi connectivity index (χ3n) is 3.48. The van der Waals surface area contributed by atoms with Crippen LogP contribution in [-0.4, -0.2) is 25.0 Å². The molecule has 2 aliphatic rings. The van der Waals surface area contributed by atoms with Gasteiger partial charge in [-0.05, 0) is 31.7 Å². The van der Waals surface area contributed by atoms with Gasteiger partial charge < -0.3 is 10.6 Å². The van der Waals surface area contributed by atoms with E-state index in [1.807, 2.05) is 0 Å². The number of carbonyl (C=O) groups is 1. The van der Waals surface area contributed by atoms with E-state index >= 15 is 0 Å². The number of carbonyl (C=O) groups excluding carboxylic acids is 1. The monoisotopic (exact) mass is 182 g/mol. The maximum atomic E-state index is 10.4. The summed E-state index contributed by atoms with van der Waals surface area (Å²) < 4.78 is 0. The lowest BCUT2D eigenvalue weighted by Gasteiger charge is -2.41. The molecule has 2 fully saturated rings. The molecular weight excluding hydrogens is 164 g/mol. The summed E-state index contributed by atoms with van der Waals surface area (Å²) in [5.41, 5.74) is 0. The van der Waals surface area contributed by atoms with Crippen molar-refractivity contribution in [3.63, 3.8) is 0 Å². The topological polar surface area (TPSA) is 41.1 Å². The third kappa shape index (κ3) is 1.85. The number of piperidine rings is 1. The van der Waals surface area contributed by atoms with Crippen LogP contribution >= 0.6 is 0 Å². The van der Waals surface area contributed by atoms with Crippen molar-refractivity contribution >= 4 is 6.41 Å². The van der Waals surface area contributed by atoms with Crippen LogP contribution in [-0.2, 0) is 4.79 Å². The van der Waals surface area contributed by atoms with Gasteiger partial charge in [-0.25, -0.2) is 0 Å². The van der Waals surface area contributed by atoms with Gasteiger partial charge in [0.2, 0.25) is 6.41 Å². The Morgan fingerprint density at radius 3 is 2.92 bits per heavy atom. The van der Waals surface area contributed by atoms with E-state index in [4.69, 9.17) is 0 Å². The average Bonchev–Trinajstić information content (AvgIpc) is 2.19. The van der Waals surface area contributed by atoms with Gasteiger partial charge in [-0.3, -0.25) is 4.79 Å². The number of amides is 1. The second kappa shape index (κ2) is 4.09. The Balaban J connectivity index is 1.98. The molecule has 0 aromatic heterocycles. The molecule has 13 heavy (non-hydrogen) atoms. The van der Waals surface area contributed by atoms with E-state index in [1.54, 1.807) is 0 Å². The second-order valence-corrected chi connectivity index (χ2v) is 4.19. The highest BCUT2D eigenvalue weighted by atomic mass is 16.1. The summed E-state index contributed by atoms with van der Waals surface area (Å²) in [5, 5.41) is 6.52. The zero-order valence-corrected chi connectivity index (χ0v) is 7.96. The van der Waals surface area contributed by atoms with E-state index in [1.165, 1.54) is 25.7 Å². The van der Waals surface area contributed by atoms with Gasteiger partial charge in [0.15, 0.2) is 0 Å². The Bertz CT molecular complexity index is 182. The predicted molar refractivity (Wildman–Crippen MR) is 51.4 cm³/mol. The van der Waals surface area contributed by atoms with Crippen molar-refractivity contribution in [2.75, 3.05) is 6.54 Å². The van der Waals surface area contributed by atoms with Gasteiger partial charge in [-0.15, -0.1) is 0 Å². The first-order valence-electron chi connectivity index (χ1n) is 5.35. The minimum absolute atomic E-state index is 0.434. The Morgan fingerprint density at radius 2 is 2.08 bits per heavy atom. The highest BCUT2D eigenvalue weighted by Gasteiger charge is 2.34. The summed E-state index contributed by atoms with van der Waals surface area (Å²) in [5.74, 6) is 0.688. The van der Waals surface area contributed by atoms with Crippen LogP contribution in [0.5, 0.6) is 0 Å². The SMILES string of the molecule is O=CNC1CCNC2CCCCC12. The number of hydrogen-bond acceptors (Lipinski definition) is 2. The Labute approximate surface area is 79.3 Å². The Morgan fingerprint density at radius 1 is 1.23 bits per heavy atom. The van der Waals surface area contributed by atoms with Gasteiger partial charge in [0.05, 0.1) is 0 Å². The molecule has 0 radical (unpaired) electrons. The number of hydrogen-bond donors (Lipinski definition) is 2. The molecule has 0 aromatic rings. The first-order valence-corrected chi connectivity index (χ1v) is 5.35. The van der Waals surface area contributed by atoms with Crippen LogP contribution in [0.25, 0.3) is 0 Å². The third-order valence-corrected chi connectivity index (χ3v) is 3.48. The molecule has 1 saturated carbocycles. The lowest BCUT2D eigenvalue weighted by Crippen LogP contribution is -2.54. The van der Waals surface area contributed by atoms with Crippen LogP contribution < -0.4 is 10.6 Å². The fourth-order valence-electron chi connectivity index (χ4n) is 2.83. The molecule has 2 rings (SSSR count). The van der Waals surface area contributed by atoms with Crippen LogP contribution in [0.2, 0.25) is 0 Å². The highest BCUT2D eigenvalue weighted by Crippen LogP contribution is 2.30. The number of nitrogens with one attached hydrogen (secondary N) is 2. The van der Waals surface area contributed by atoms with E-state index < -0.39 is 0 Å². The number of fused-ring (bicyclic) bond motifs is 1. The molecular formula is C10H18N2O. The fourth-order valence-corrected chi connectivity index (χ4v) is 2.83. The quantitative estimate of drug-likeness (QED) is 0.616. The van der Waals surface area contributed by atoms with Crippen molar-refractivity contribution in [2.45, 2.75) is 44.2 Å². The van der Waals surface area contributed by atoms with Crippen LogP contribution in [0.3, 0.4) is 0 Å². The summed E-state index contributed by atoms with van der Waals surface area (Å²) in [7, 11) is 0. The first-order chi connectivity index (χ1) is 6.42. The second-order valence-electron chi connectivity index (χ2n) is 4.19. The fraction of sp³-hybridized carbons (Fsp3) is 0.900. The summed E-state index contributed by atoms with van der Waals surface area (Å²) >= 11 is 0. The maximum absolute atomic E-state index is 10.4. The summed E-state index contributed by atoms with van der Waals surface area (Å²) in [6.07, 6.45) is 7.22. The molecule has 0 aromatic carbocycles. The first kappa shape index (κ1) is 9.00. The minimum Gasteiger partial charge on any atom is -0.356 e. The molecule has 3 atom stereocenters. The van der Waals surface area contributed by atoms with Gasteiger partial charge in [0, 0.05) is 12.1 Å². The van der Waals surface area contributed by atoms with Crippen LogP contribution in [0.4, 0.5) is 0 Å². The lowest BCUT2D eigenvalue weighted by molar-refractivity contribution is -0.110. The Hall–Kier alpha value is -0.570. The number of rotatable bonds is 2. The molecule has 1 amide bonds. The standard InChI is InChI=1S/C10H18N2O/c13-7-12-10-5-6-11-9-4-2-1-3-8(9)10/h7-11H,1-6H2,(H,12,13). The van der Waals surface area contributed by atoms with Gasteiger partial charge in [0.25, 0.3) is 0 Å². The van der Waals surface area contributed by atoms with E-state index in [9.17, 15) is 4.79 Å². The molecule has 1 heterocycles. The van der Waals surface area contributed by atoms with Gasteiger partial charge in [0.1, 0.15) is 0 Å². The van der Waals surface area contributed by atoms with Crippen molar-refractivity contribution in [1.82, 2.24) is 10.6 Å². The van der Waals surface area contributed by atoms with Crippen LogP contribution in [0, 0.1) is 5.92 Å². The zero-order chi connectivity index (χ0) is 9.10. The van der Waals surface area contributed by atoms with E-state index in [0.29, 0.717) is 18.0 Å². The molecule has 3 nitrogen and oxygen atoms in total. The zero-order valence-electron chi connectivity index (χ0n) is 7.96. The summed E-state index contributed by atoms with van der Waals surface area (Å²) in [6.45, 7) is 1.06. The normalized spacial score (nSPS) is 39.2. The molecule has 74 valence electrons. The van der Waals surface area contributed by atoms with E-state index in [-0.39, 0.29) is 0 Å². The van der Waals surface area contributed by atoms with Crippen molar-refractivity contribution in [3.8, 4) is 0 Å². The molecule has 1 saturated heterocycles. The molecule has 1 aliphatic heterocycles. The predicted octanol–water partition coefficient (Wildman–Crippen LogP) is 0.653. The highest BCUT2D eigenvalue weighted by molar-refractivity contribution is 5.46. The van der Waals surface area contributed by atoms with Gasteiger partial charge >= 0.3 is 0 Å². The molecule has 0 bridgehead atoms. The minimum atomic E-state index is 0.434. The molecule has 3 heteroatoms. The molecule has 1 aliphatic carbocycles. The summed E-state index contributed by atoms with van der Waals surface area (Å²) in [4.78, 5) is 10.4. The van der Waals surface area contributed by atoms with Crippen LogP contribution in [0.15, 0.2) is 0 Å². The molecule has 2 N–H and O–H groups in total. The van der Waals surface area contributed by atoms with Crippen LogP contribution in [0.1, 0.15) is 32.1 Å². The van der Waals surface area contributed by atoms with Gasteiger partial charge in [-0.2, -0.15) is 0 Å². The smallest absolute Gasteiger partial charge is 0.207 e.